The van der Waals surface area contributed by atoms with Crippen molar-refractivity contribution in [3.05, 3.63) is 0 Å². The molecule has 0 aliphatic carbocycles. The van der Waals surface area contributed by atoms with Gasteiger partial charge in [0.2, 0.25) is 0 Å². The molecule has 15 heavy (non-hydrogen) atoms. The summed E-state index contributed by atoms with van der Waals surface area (Å²) in [5, 5.41) is 0. The van der Waals surface area contributed by atoms with E-state index in [1.807, 2.05) is 20.8 Å². The topological polar surface area (TPSA) is 55.6 Å². The van der Waals surface area contributed by atoms with Crippen LogP contribution in [0, 0.1) is 5.92 Å². The van der Waals surface area contributed by atoms with Crippen LogP contribution in [0.1, 0.15) is 27.2 Å². The molecule has 1 fully saturated rings. The summed E-state index contributed by atoms with van der Waals surface area (Å²) in [5.41, 5.74) is 5.12. The largest absolute Gasteiger partial charge is 0.460 e. The van der Waals surface area contributed by atoms with Crippen molar-refractivity contribution in [2.45, 2.75) is 32.8 Å². The number of likely N-dealkylation sites (tertiary alicyclic amines) is 1. The van der Waals surface area contributed by atoms with Crippen LogP contribution >= 0.6 is 12.4 Å². The molecule has 4 nitrogen and oxygen atoms in total. The molecule has 0 amide bonds. The molecule has 0 radical (unpaired) electrons. The molecule has 1 aliphatic heterocycles. The molecule has 1 saturated heterocycles. The van der Waals surface area contributed by atoms with Crippen molar-refractivity contribution < 1.29 is 9.53 Å². The summed E-state index contributed by atoms with van der Waals surface area (Å²) in [7, 11) is 0. The van der Waals surface area contributed by atoms with Crippen LogP contribution in [0.2, 0.25) is 0 Å². The Morgan fingerprint density at radius 2 is 2.13 bits per heavy atom. The maximum absolute atomic E-state index is 11.6. The minimum absolute atomic E-state index is 0. The molecule has 0 bridgehead atoms. The Morgan fingerprint density at radius 1 is 1.53 bits per heavy atom. The van der Waals surface area contributed by atoms with Crippen molar-refractivity contribution >= 4 is 18.4 Å². The number of nitrogens with zero attached hydrogens (tertiary/aromatic N) is 1. The number of carbonyl (C=O) groups excluding carboxylic acids is 1. The molecular weight excluding hydrogens is 216 g/mol. The Balaban J connectivity index is 0.00000196. The highest BCUT2D eigenvalue weighted by atomic mass is 35.5. The Labute approximate surface area is 97.5 Å². The second-order valence-corrected chi connectivity index (χ2v) is 4.78. The number of hydrogen-bond donors (Lipinski definition) is 1. The van der Waals surface area contributed by atoms with Gasteiger partial charge >= 0.3 is 5.97 Å². The maximum atomic E-state index is 11.6. The molecule has 90 valence electrons. The van der Waals surface area contributed by atoms with E-state index in [4.69, 9.17) is 10.5 Å². The first-order valence-electron chi connectivity index (χ1n) is 5.07. The average molecular weight is 237 g/mol. The number of hydrogen-bond acceptors (Lipinski definition) is 4. The summed E-state index contributed by atoms with van der Waals surface area (Å²) in [5.74, 6) is -0.0776. The summed E-state index contributed by atoms with van der Waals surface area (Å²) in [4.78, 5) is 13.7. The van der Waals surface area contributed by atoms with Gasteiger partial charge in [-0.1, -0.05) is 0 Å². The van der Waals surface area contributed by atoms with Gasteiger partial charge in [-0.3, -0.25) is 9.69 Å². The van der Waals surface area contributed by atoms with E-state index in [2.05, 4.69) is 4.90 Å². The molecule has 1 unspecified atom stereocenters. The Bertz CT molecular complexity index is 216. The summed E-state index contributed by atoms with van der Waals surface area (Å²) in [6, 6.07) is 0. The predicted octanol–water partition coefficient (Wildman–Crippen LogP) is 0.988. The molecule has 5 heteroatoms. The van der Waals surface area contributed by atoms with Crippen LogP contribution in [-0.2, 0) is 9.53 Å². The van der Waals surface area contributed by atoms with Crippen LogP contribution in [-0.4, -0.2) is 36.2 Å². The van der Waals surface area contributed by atoms with E-state index in [1.54, 1.807) is 0 Å². The second kappa shape index (κ2) is 5.68. The summed E-state index contributed by atoms with van der Waals surface area (Å²) in [6.07, 6.45) is 0.867. The number of rotatable bonds is 2. The normalized spacial score (nSPS) is 22.3. The van der Waals surface area contributed by atoms with Crippen LogP contribution in [0.5, 0.6) is 0 Å². The molecule has 0 spiro atoms. The zero-order chi connectivity index (χ0) is 10.8. The van der Waals surface area contributed by atoms with Gasteiger partial charge < -0.3 is 10.5 Å². The van der Waals surface area contributed by atoms with Gasteiger partial charge in [-0.25, -0.2) is 0 Å². The van der Waals surface area contributed by atoms with Crippen LogP contribution in [0.3, 0.4) is 0 Å². The summed E-state index contributed by atoms with van der Waals surface area (Å²) >= 11 is 0. The lowest BCUT2D eigenvalue weighted by atomic mass is 10.1. The fourth-order valence-electron chi connectivity index (χ4n) is 1.58. The van der Waals surface area contributed by atoms with Crippen LogP contribution < -0.4 is 5.73 Å². The third-order valence-corrected chi connectivity index (χ3v) is 2.27. The molecule has 2 N–H and O–H groups in total. The summed E-state index contributed by atoms with van der Waals surface area (Å²) in [6.45, 7) is 7.84. The molecule has 0 saturated carbocycles. The van der Waals surface area contributed by atoms with E-state index in [0.29, 0.717) is 6.67 Å². The van der Waals surface area contributed by atoms with Crippen LogP contribution in [0.25, 0.3) is 0 Å². The first-order valence-corrected chi connectivity index (χ1v) is 5.07. The minimum Gasteiger partial charge on any atom is -0.460 e. The number of ether oxygens (including phenoxy) is 1. The van der Waals surface area contributed by atoms with Gasteiger partial charge in [-0.2, -0.15) is 0 Å². The first-order chi connectivity index (χ1) is 6.42. The summed E-state index contributed by atoms with van der Waals surface area (Å²) < 4.78 is 5.31. The predicted molar refractivity (Wildman–Crippen MR) is 61.8 cm³/mol. The van der Waals surface area contributed by atoms with Crippen LogP contribution in [0.15, 0.2) is 0 Å². The Morgan fingerprint density at radius 3 is 2.53 bits per heavy atom. The monoisotopic (exact) mass is 236 g/mol. The van der Waals surface area contributed by atoms with E-state index < -0.39 is 0 Å². The van der Waals surface area contributed by atoms with Crippen molar-refractivity contribution in [1.82, 2.24) is 4.90 Å². The zero-order valence-electron chi connectivity index (χ0n) is 9.66. The fraction of sp³-hybridized carbons (Fsp3) is 0.900. The maximum Gasteiger partial charge on any atom is 0.310 e. The van der Waals surface area contributed by atoms with Gasteiger partial charge in [0.05, 0.1) is 5.92 Å². The molecule has 0 aromatic carbocycles. The lowest BCUT2D eigenvalue weighted by Gasteiger charge is -2.22. The fourth-order valence-corrected chi connectivity index (χ4v) is 1.58. The third-order valence-electron chi connectivity index (χ3n) is 2.27. The van der Waals surface area contributed by atoms with Crippen molar-refractivity contribution in [2.24, 2.45) is 11.7 Å². The zero-order valence-corrected chi connectivity index (χ0v) is 10.5. The van der Waals surface area contributed by atoms with Crippen molar-refractivity contribution in [3.63, 3.8) is 0 Å². The standard InChI is InChI=1S/C10H20N2O2.ClH/c1-10(2,3)14-9(13)8-4-5-12(6-8)7-11;/h8H,4-7,11H2,1-3H3;1H. The molecule has 0 aromatic heterocycles. The van der Waals surface area contributed by atoms with Crippen molar-refractivity contribution in [1.29, 1.82) is 0 Å². The lowest BCUT2D eigenvalue weighted by molar-refractivity contribution is -0.159. The van der Waals surface area contributed by atoms with Gasteiger partial charge in [-0.15, -0.1) is 12.4 Å². The average Bonchev–Trinajstić information content (AvgIpc) is 2.48. The number of halogens is 1. The van der Waals surface area contributed by atoms with Gasteiger partial charge in [0, 0.05) is 19.8 Å². The lowest BCUT2D eigenvalue weighted by Crippen LogP contribution is -2.32. The van der Waals surface area contributed by atoms with Crippen LogP contribution in [0.4, 0.5) is 0 Å². The van der Waals surface area contributed by atoms with E-state index in [1.165, 1.54) is 0 Å². The smallest absolute Gasteiger partial charge is 0.310 e. The Hall–Kier alpha value is -0.320. The molecular formula is C10H21ClN2O2. The van der Waals surface area contributed by atoms with Gasteiger partial charge in [0.1, 0.15) is 5.60 Å². The molecule has 1 aliphatic rings. The van der Waals surface area contributed by atoms with E-state index >= 15 is 0 Å². The molecule has 1 rings (SSSR count). The van der Waals surface area contributed by atoms with Gasteiger partial charge in [-0.05, 0) is 27.2 Å². The molecule has 1 heterocycles. The van der Waals surface area contributed by atoms with Crippen molar-refractivity contribution in [2.75, 3.05) is 19.8 Å². The Kier molecular flexibility index (Phi) is 5.56. The van der Waals surface area contributed by atoms with E-state index in [9.17, 15) is 4.79 Å². The second-order valence-electron chi connectivity index (χ2n) is 4.78. The minimum atomic E-state index is -0.382. The highest BCUT2D eigenvalue weighted by Gasteiger charge is 2.31. The highest BCUT2D eigenvalue weighted by molar-refractivity contribution is 5.85. The quantitative estimate of drug-likeness (QED) is 0.727. The first kappa shape index (κ1) is 14.7. The van der Waals surface area contributed by atoms with Crippen molar-refractivity contribution in [3.8, 4) is 0 Å². The number of nitrogens with two attached hydrogens (primary N) is 1. The van der Waals surface area contributed by atoms with E-state index in [0.717, 1.165) is 19.5 Å². The third kappa shape index (κ3) is 4.82. The number of esters is 1. The number of carbonyl (C=O) groups is 1. The molecule has 0 aromatic rings. The SMILES string of the molecule is CC(C)(C)OC(=O)C1CCN(CN)C1.Cl. The highest BCUT2D eigenvalue weighted by Crippen LogP contribution is 2.19. The molecule has 1 atom stereocenters. The van der Waals surface area contributed by atoms with Gasteiger partial charge in [0.15, 0.2) is 0 Å². The van der Waals surface area contributed by atoms with Gasteiger partial charge in [0.25, 0.3) is 0 Å². The van der Waals surface area contributed by atoms with E-state index in [-0.39, 0.29) is 29.9 Å².